The van der Waals surface area contributed by atoms with Gasteiger partial charge < -0.3 is 15.2 Å². The molecular formula is C18H19BrF3N5. The summed E-state index contributed by atoms with van der Waals surface area (Å²) in [6.07, 6.45) is 1.66. The number of rotatable bonds is 6. The Hall–Kier alpha value is -2.13. The maximum absolute atomic E-state index is 14.4. The third-order valence-electron chi connectivity index (χ3n) is 4.12. The van der Waals surface area contributed by atoms with Crippen molar-refractivity contribution in [1.29, 1.82) is 0 Å². The standard InChI is InChI=1S/C18H19BrF3N5/c1-4-23-7-10-5-11(15(21)16(22)14(10)20)25-18-17-12(6-13(19)26-18)24-8-27(17)9(2)3/h5-6,8-9,23H,4,7H2,1-3H3,(H,25,26). The minimum Gasteiger partial charge on any atom is -0.336 e. The fourth-order valence-electron chi connectivity index (χ4n) is 2.77. The second-order valence-corrected chi connectivity index (χ2v) is 7.15. The molecule has 0 bridgehead atoms. The van der Waals surface area contributed by atoms with Crippen molar-refractivity contribution in [3.05, 3.63) is 46.1 Å². The molecule has 0 saturated carbocycles. The Morgan fingerprint density at radius 2 is 1.89 bits per heavy atom. The predicted molar refractivity (Wildman–Crippen MR) is 103 cm³/mol. The van der Waals surface area contributed by atoms with Gasteiger partial charge in [0.2, 0.25) is 0 Å². The zero-order valence-electron chi connectivity index (χ0n) is 15.1. The number of hydrogen-bond acceptors (Lipinski definition) is 4. The van der Waals surface area contributed by atoms with Gasteiger partial charge in [-0.05, 0) is 48.5 Å². The second kappa shape index (κ2) is 7.85. The summed E-state index contributed by atoms with van der Waals surface area (Å²) in [7, 11) is 0. The van der Waals surface area contributed by atoms with Gasteiger partial charge in [0.15, 0.2) is 23.3 Å². The molecule has 5 nitrogen and oxygen atoms in total. The van der Waals surface area contributed by atoms with Crippen molar-refractivity contribution < 1.29 is 13.2 Å². The van der Waals surface area contributed by atoms with Crippen molar-refractivity contribution in [1.82, 2.24) is 19.9 Å². The summed E-state index contributed by atoms with van der Waals surface area (Å²) in [4.78, 5) is 8.67. The number of imidazole rings is 1. The smallest absolute Gasteiger partial charge is 0.196 e. The SMILES string of the molecule is CCNCc1cc(Nc2nc(Br)cc3ncn(C(C)C)c23)c(F)c(F)c1F. The first-order chi connectivity index (χ1) is 12.8. The van der Waals surface area contributed by atoms with E-state index in [1.807, 2.05) is 25.3 Å². The van der Waals surface area contributed by atoms with E-state index in [9.17, 15) is 13.2 Å². The Kier molecular flexibility index (Phi) is 5.71. The maximum Gasteiger partial charge on any atom is 0.196 e. The molecule has 0 atom stereocenters. The zero-order valence-corrected chi connectivity index (χ0v) is 16.7. The molecule has 0 amide bonds. The Bertz CT molecular complexity index is 987. The molecule has 144 valence electrons. The molecule has 1 aromatic carbocycles. The second-order valence-electron chi connectivity index (χ2n) is 6.34. The van der Waals surface area contributed by atoms with Gasteiger partial charge in [0.1, 0.15) is 10.1 Å². The topological polar surface area (TPSA) is 54.8 Å². The molecule has 0 aliphatic heterocycles. The van der Waals surface area contributed by atoms with E-state index in [-0.39, 0.29) is 23.8 Å². The summed E-state index contributed by atoms with van der Waals surface area (Å²) in [6, 6.07) is 3.07. The third kappa shape index (κ3) is 3.79. The Morgan fingerprint density at radius 3 is 2.56 bits per heavy atom. The molecule has 0 aliphatic carbocycles. The Morgan fingerprint density at radius 1 is 1.15 bits per heavy atom. The van der Waals surface area contributed by atoms with Crippen LogP contribution in [0.1, 0.15) is 32.4 Å². The van der Waals surface area contributed by atoms with E-state index in [4.69, 9.17) is 0 Å². The van der Waals surface area contributed by atoms with Crippen LogP contribution in [0.4, 0.5) is 24.7 Å². The van der Waals surface area contributed by atoms with Gasteiger partial charge in [-0.3, -0.25) is 0 Å². The number of hydrogen-bond donors (Lipinski definition) is 2. The molecule has 0 unspecified atom stereocenters. The van der Waals surface area contributed by atoms with Crippen LogP contribution in [-0.2, 0) is 6.54 Å². The van der Waals surface area contributed by atoms with Crippen LogP contribution in [0.25, 0.3) is 11.0 Å². The number of anilines is 2. The summed E-state index contributed by atoms with van der Waals surface area (Å²) in [5.74, 6) is -3.71. The van der Waals surface area contributed by atoms with Crippen molar-refractivity contribution >= 4 is 38.5 Å². The highest BCUT2D eigenvalue weighted by Crippen LogP contribution is 2.31. The lowest BCUT2D eigenvalue weighted by Gasteiger charge is -2.15. The molecule has 2 heterocycles. The highest BCUT2D eigenvalue weighted by molar-refractivity contribution is 9.10. The highest BCUT2D eigenvalue weighted by atomic mass is 79.9. The number of aromatic nitrogens is 3. The number of benzene rings is 1. The monoisotopic (exact) mass is 441 g/mol. The van der Waals surface area contributed by atoms with Crippen LogP contribution in [0.2, 0.25) is 0 Å². The molecule has 2 N–H and O–H groups in total. The number of fused-ring (bicyclic) bond motifs is 1. The molecule has 0 saturated heterocycles. The van der Waals surface area contributed by atoms with Gasteiger partial charge in [-0.15, -0.1) is 0 Å². The summed E-state index contributed by atoms with van der Waals surface area (Å²) in [6.45, 7) is 6.44. The van der Waals surface area contributed by atoms with Crippen LogP contribution in [0.5, 0.6) is 0 Å². The largest absolute Gasteiger partial charge is 0.336 e. The van der Waals surface area contributed by atoms with Crippen LogP contribution in [-0.4, -0.2) is 21.1 Å². The van der Waals surface area contributed by atoms with E-state index < -0.39 is 17.5 Å². The lowest BCUT2D eigenvalue weighted by atomic mass is 10.1. The van der Waals surface area contributed by atoms with E-state index in [1.165, 1.54) is 6.07 Å². The average molecular weight is 442 g/mol. The molecule has 0 fully saturated rings. The molecule has 3 rings (SSSR count). The highest BCUT2D eigenvalue weighted by Gasteiger charge is 2.21. The van der Waals surface area contributed by atoms with Gasteiger partial charge in [0, 0.05) is 18.2 Å². The number of pyridine rings is 1. The lowest BCUT2D eigenvalue weighted by molar-refractivity contribution is 0.441. The minimum atomic E-state index is -1.52. The summed E-state index contributed by atoms with van der Waals surface area (Å²) in [5.41, 5.74) is 1.13. The number of nitrogens with zero attached hydrogens (tertiary/aromatic N) is 3. The van der Waals surface area contributed by atoms with Gasteiger partial charge >= 0.3 is 0 Å². The Balaban J connectivity index is 2.12. The van der Waals surface area contributed by atoms with Gasteiger partial charge in [-0.2, -0.15) is 0 Å². The van der Waals surface area contributed by atoms with Crippen LogP contribution >= 0.6 is 15.9 Å². The fraction of sp³-hybridized carbons (Fsp3) is 0.333. The van der Waals surface area contributed by atoms with Crippen molar-refractivity contribution in [2.75, 3.05) is 11.9 Å². The van der Waals surface area contributed by atoms with Crippen molar-refractivity contribution in [3.8, 4) is 0 Å². The summed E-state index contributed by atoms with van der Waals surface area (Å²) < 4.78 is 44.8. The fourth-order valence-corrected chi connectivity index (χ4v) is 3.17. The summed E-state index contributed by atoms with van der Waals surface area (Å²) in [5, 5.41) is 5.72. The molecule has 0 radical (unpaired) electrons. The van der Waals surface area contributed by atoms with Crippen LogP contribution in [0.3, 0.4) is 0 Å². The quantitative estimate of drug-likeness (QED) is 0.415. The van der Waals surface area contributed by atoms with E-state index in [1.54, 1.807) is 12.4 Å². The first-order valence-electron chi connectivity index (χ1n) is 8.50. The number of halogens is 4. The van der Waals surface area contributed by atoms with E-state index in [0.717, 1.165) is 0 Å². The molecule has 2 aromatic heterocycles. The van der Waals surface area contributed by atoms with E-state index >= 15 is 0 Å². The van der Waals surface area contributed by atoms with Crippen molar-refractivity contribution in [2.45, 2.75) is 33.4 Å². The van der Waals surface area contributed by atoms with E-state index in [0.29, 0.717) is 28.0 Å². The van der Waals surface area contributed by atoms with Crippen molar-refractivity contribution in [2.24, 2.45) is 0 Å². The summed E-state index contributed by atoms with van der Waals surface area (Å²) >= 11 is 3.30. The molecule has 9 heteroatoms. The Labute approximate surface area is 163 Å². The predicted octanol–water partition coefficient (Wildman–Crippen LogP) is 5.05. The zero-order chi connectivity index (χ0) is 19.7. The van der Waals surface area contributed by atoms with E-state index in [2.05, 4.69) is 36.5 Å². The van der Waals surface area contributed by atoms with Gasteiger partial charge in [-0.25, -0.2) is 23.1 Å². The maximum atomic E-state index is 14.4. The van der Waals surface area contributed by atoms with Gasteiger partial charge in [-0.1, -0.05) is 6.92 Å². The lowest BCUT2D eigenvalue weighted by Crippen LogP contribution is -2.15. The normalized spacial score (nSPS) is 11.6. The average Bonchev–Trinajstić information content (AvgIpc) is 3.05. The molecule has 3 aromatic rings. The molecule has 27 heavy (non-hydrogen) atoms. The molecule has 0 spiro atoms. The van der Waals surface area contributed by atoms with Crippen LogP contribution < -0.4 is 10.6 Å². The third-order valence-corrected chi connectivity index (χ3v) is 4.52. The van der Waals surface area contributed by atoms with Crippen LogP contribution in [0, 0.1) is 17.5 Å². The van der Waals surface area contributed by atoms with Crippen LogP contribution in [0.15, 0.2) is 23.1 Å². The van der Waals surface area contributed by atoms with Gasteiger partial charge in [0.25, 0.3) is 0 Å². The first-order valence-corrected chi connectivity index (χ1v) is 9.30. The molecule has 0 aliphatic rings. The van der Waals surface area contributed by atoms with Crippen molar-refractivity contribution in [3.63, 3.8) is 0 Å². The molecular weight excluding hydrogens is 423 g/mol. The van der Waals surface area contributed by atoms with Gasteiger partial charge in [0.05, 0.1) is 17.5 Å². The number of nitrogens with one attached hydrogen (secondary N) is 2. The first kappa shape index (κ1) is 19.6. The minimum absolute atomic E-state index is 0.0295.